The van der Waals surface area contributed by atoms with Gasteiger partial charge in [0.25, 0.3) is 0 Å². The monoisotopic (exact) mass is 207 g/mol. The van der Waals surface area contributed by atoms with Crippen LogP contribution in [-0.4, -0.2) is 55.2 Å². The third kappa shape index (κ3) is 2.65. The second-order valence-corrected chi connectivity index (χ2v) is 6.30. The van der Waals surface area contributed by atoms with E-state index < -0.39 is 9.84 Å². The number of β-amino-alcohol motifs (C(OH)–C–C–N with tert-alkyl or cyclic N) is 1. The number of aliphatic hydroxyl groups is 1. The van der Waals surface area contributed by atoms with Crippen molar-refractivity contribution in [3.05, 3.63) is 0 Å². The lowest BCUT2D eigenvalue weighted by atomic mass is 10.1. The van der Waals surface area contributed by atoms with Crippen LogP contribution in [0.2, 0.25) is 0 Å². The predicted octanol–water partition coefficient (Wildman–Crippen LogP) is -0.512. The summed E-state index contributed by atoms with van der Waals surface area (Å²) >= 11 is 0. The molecule has 4 nitrogen and oxygen atoms in total. The molecule has 1 heterocycles. The van der Waals surface area contributed by atoms with Gasteiger partial charge in [-0.2, -0.15) is 0 Å². The van der Waals surface area contributed by atoms with E-state index in [9.17, 15) is 8.42 Å². The van der Waals surface area contributed by atoms with E-state index in [-0.39, 0.29) is 23.7 Å². The van der Waals surface area contributed by atoms with Crippen LogP contribution in [0.1, 0.15) is 13.8 Å². The Hall–Kier alpha value is -0.130. The van der Waals surface area contributed by atoms with E-state index in [0.29, 0.717) is 13.1 Å². The lowest BCUT2D eigenvalue weighted by Crippen LogP contribution is -2.56. The van der Waals surface area contributed by atoms with E-state index in [2.05, 4.69) is 0 Å². The molecule has 5 heteroatoms. The largest absolute Gasteiger partial charge is 0.395 e. The zero-order valence-corrected chi connectivity index (χ0v) is 8.97. The molecule has 1 aliphatic rings. The van der Waals surface area contributed by atoms with Crippen molar-refractivity contribution >= 4 is 9.84 Å². The van der Waals surface area contributed by atoms with Crippen LogP contribution in [-0.2, 0) is 9.84 Å². The topological polar surface area (TPSA) is 57.6 Å². The van der Waals surface area contributed by atoms with Gasteiger partial charge >= 0.3 is 0 Å². The maximum Gasteiger partial charge on any atom is 0.153 e. The summed E-state index contributed by atoms with van der Waals surface area (Å²) in [5, 5.41) is 8.79. The maximum atomic E-state index is 11.3. The van der Waals surface area contributed by atoms with Crippen LogP contribution < -0.4 is 0 Å². The standard InChI is InChI=1S/C8H17NO3S/c1-8(2)7-13(11,12)6-4-9(8)3-5-10/h10H,3-7H2,1-2H3. The highest BCUT2D eigenvalue weighted by molar-refractivity contribution is 7.91. The van der Waals surface area contributed by atoms with Crippen LogP contribution in [0.25, 0.3) is 0 Å². The smallest absolute Gasteiger partial charge is 0.153 e. The van der Waals surface area contributed by atoms with E-state index in [1.165, 1.54) is 0 Å². The van der Waals surface area contributed by atoms with Gasteiger partial charge in [-0.1, -0.05) is 0 Å². The molecule has 13 heavy (non-hydrogen) atoms. The summed E-state index contributed by atoms with van der Waals surface area (Å²) < 4.78 is 22.7. The molecule has 0 spiro atoms. The molecule has 0 amide bonds. The third-order valence-electron chi connectivity index (χ3n) is 2.47. The Kier molecular flexibility index (Phi) is 2.99. The molecule has 0 saturated carbocycles. The van der Waals surface area contributed by atoms with Gasteiger partial charge in [-0.05, 0) is 13.8 Å². The number of rotatable bonds is 2. The Morgan fingerprint density at radius 1 is 1.46 bits per heavy atom. The quantitative estimate of drug-likeness (QED) is 0.662. The lowest BCUT2D eigenvalue weighted by Gasteiger charge is -2.41. The number of nitrogens with zero attached hydrogens (tertiary/aromatic N) is 1. The van der Waals surface area contributed by atoms with Gasteiger partial charge in [0.2, 0.25) is 0 Å². The normalized spacial score (nSPS) is 27.3. The fourth-order valence-corrected chi connectivity index (χ4v) is 3.69. The van der Waals surface area contributed by atoms with Gasteiger partial charge in [0, 0.05) is 18.6 Å². The number of hydrogen-bond donors (Lipinski definition) is 1. The van der Waals surface area contributed by atoms with E-state index >= 15 is 0 Å². The van der Waals surface area contributed by atoms with Gasteiger partial charge in [-0.3, -0.25) is 4.90 Å². The minimum absolute atomic E-state index is 0.0868. The van der Waals surface area contributed by atoms with Gasteiger partial charge < -0.3 is 5.11 Å². The minimum atomic E-state index is -2.86. The fraction of sp³-hybridized carbons (Fsp3) is 1.00. The summed E-state index contributed by atoms with van der Waals surface area (Å²) in [5.41, 5.74) is -0.334. The molecule has 0 atom stereocenters. The summed E-state index contributed by atoms with van der Waals surface area (Å²) in [6, 6.07) is 0. The van der Waals surface area contributed by atoms with Crippen LogP contribution in [0.4, 0.5) is 0 Å². The molecule has 1 fully saturated rings. The molecule has 0 radical (unpaired) electrons. The van der Waals surface area contributed by atoms with Gasteiger partial charge in [0.1, 0.15) is 0 Å². The highest BCUT2D eigenvalue weighted by atomic mass is 32.2. The summed E-state index contributed by atoms with van der Waals surface area (Å²) in [4.78, 5) is 2.02. The lowest BCUT2D eigenvalue weighted by molar-refractivity contribution is 0.109. The Morgan fingerprint density at radius 2 is 2.08 bits per heavy atom. The minimum Gasteiger partial charge on any atom is -0.395 e. The van der Waals surface area contributed by atoms with Crippen molar-refractivity contribution in [2.45, 2.75) is 19.4 Å². The summed E-state index contributed by atoms with van der Waals surface area (Å²) in [7, 11) is -2.86. The molecule has 1 aliphatic heterocycles. The van der Waals surface area contributed by atoms with Crippen LogP contribution in [0.5, 0.6) is 0 Å². The molecular weight excluding hydrogens is 190 g/mol. The van der Waals surface area contributed by atoms with Gasteiger partial charge in [0.15, 0.2) is 9.84 Å². The number of aliphatic hydroxyl groups excluding tert-OH is 1. The van der Waals surface area contributed by atoms with Crippen molar-refractivity contribution in [2.75, 3.05) is 31.2 Å². The summed E-state index contributed by atoms with van der Waals surface area (Å²) in [5.74, 6) is 0.413. The van der Waals surface area contributed by atoms with E-state index in [4.69, 9.17) is 5.11 Å². The van der Waals surface area contributed by atoms with Crippen LogP contribution >= 0.6 is 0 Å². The average molecular weight is 207 g/mol. The molecule has 0 aromatic rings. The van der Waals surface area contributed by atoms with E-state index in [1.54, 1.807) is 0 Å². The number of sulfone groups is 1. The second-order valence-electron chi connectivity index (χ2n) is 4.12. The summed E-state index contributed by atoms with van der Waals surface area (Å²) in [6.07, 6.45) is 0. The molecule has 1 rings (SSSR count). The fourth-order valence-electron chi connectivity index (χ4n) is 1.79. The van der Waals surface area contributed by atoms with Gasteiger partial charge in [0.05, 0.1) is 18.1 Å². The first-order valence-electron chi connectivity index (χ1n) is 4.44. The summed E-state index contributed by atoms with van der Waals surface area (Å²) in [6.45, 7) is 4.99. The zero-order valence-electron chi connectivity index (χ0n) is 8.15. The first kappa shape index (κ1) is 10.9. The molecule has 0 aromatic heterocycles. The first-order chi connectivity index (χ1) is 5.87. The Balaban J connectivity index is 2.73. The molecule has 0 unspecified atom stereocenters. The molecule has 1 saturated heterocycles. The van der Waals surface area contributed by atoms with E-state index in [1.807, 2.05) is 18.7 Å². The molecule has 78 valence electrons. The first-order valence-corrected chi connectivity index (χ1v) is 6.26. The Bertz CT molecular complexity index is 271. The highest BCUT2D eigenvalue weighted by Crippen LogP contribution is 2.21. The van der Waals surface area contributed by atoms with Crippen molar-refractivity contribution in [1.82, 2.24) is 4.90 Å². The van der Waals surface area contributed by atoms with E-state index in [0.717, 1.165) is 0 Å². The van der Waals surface area contributed by atoms with Crippen molar-refractivity contribution in [1.29, 1.82) is 0 Å². The van der Waals surface area contributed by atoms with Crippen molar-refractivity contribution in [3.8, 4) is 0 Å². The van der Waals surface area contributed by atoms with Crippen molar-refractivity contribution in [3.63, 3.8) is 0 Å². The SMILES string of the molecule is CC1(C)CS(=O)(=O)CCN1CCO. The maximum absolute atomic E-state index is 11.3. The Morgan fingerprint density at radius 3 is 2.54 bits per heavy atom. The van der Waals surface area contributed by atoms with Gasteiger partial charge in [-0.25, -0.2) is 8.42 Å². The molecule has 1 N–H and O–H groups in total. The van der Waals surface area contributed by atoms with Crippen molar-refractivity contribution < 1.29 is 13.5 Å². The molecule has 0 bridgehead atoms. The second kappa shape index (κ2) is 3.55. The van der Waals surface area contributed by atoms with Crippen LogP contribution in [0, 0.1) is 0 Å². The highest BCUT2D eigenvalue weighted by Gasteiger charge is 2.36. The average Bonchev–Trinajstić information content (AvgIpc) is 1.93. The Labute approximate surface area is 79.5 Å². The zero-order chi connectivity index (χ0) is 10.1. The van der Waals surface area contributed by atoms with Gasteiger partial charge in [-0.15, -0.1) is 0 Å². The molecule has 0 aliphatic carbocycles. The third-order valence-corrected chi connectivity index (χ3v) is 4.42. The number of hydrogen-bond acceptors (Lipinski definition) is 4. The van der Waals surface area contributed by atoms with Crippen LogP contribution in [0.3, 0.4) is 0 Å². The molecule has 0 aromatic carbocycles. The van der Waals surface area contributed by atoms with Crippen molar-refractivity contribution in [2.24, 2.45) is 0 Å². The predicted molar refractivity (Wildman–Crippen MR) is 51.4 cm³/mol. The molecular formula is C8H17NO3S. The van der Waals surface area contributed by atoms with Crippen LogP contribution in [0.15, 0.2) is 0 Å².